The van der Waals surface area contributed by atoms with E-state index < -0.39 is 6.04 Å². The molecule has 1 amide bonds. The zero-order valence-electron chi connectivity index (χ0n) is 15.4. The summed E-state index contributed by atoms with van der Waals surface area (Å²) in [5.41, 5.74) is 1.89. The van der Waals surface area contributed by atoms with Crippen molar-refractivity contribution in [3.8, 4) is 5.75 Å². The minimum Gasteiger partial charge on any atom is -0.496 e. The molecule has 2 aromatic heterocycles. The van der Waals surface area contributed by atoms with Gasteiger partial charge in [0.15, 0.2) is 6.04 Å². The third-order valence-electron chi connectivity index (χ3n) is 4.64. The number of fused-ring (bicyclic) bond motifs is 1. The van der Waals surface area contributed by atoms with Crippen LogP contribution in [0.15, 0.2) is 67.1 Å². The Labute approximate surface area is 161 Å². The number of nitrogens with zero attached hydrogens (tertiary/aromatic N) is 5. The Hall–Kier alpha value is -3.68. The molecule has 142 valence electrons. The van der Waals surface area contributed by atoms with Crippen LogP contribution in [0.4, 0.5) is 0 Å². The first-order chi connectivity index (χ1) is 13.8. The highest BCUT2D eigenvalue weighted by molar-refractivity contribution is 5.86. The van der Waals surface area contributed by atoms with Gasteiger partial charge in [-0.15, -0.1) is 5.10 Å². The number of methoxy groups -OCH3 is 1. The maximum absolute atomic E-state index is 12.9. The van der Waals surface area contributed by atoms with Crippen LogP contribution >= 0.6 is 0 Å². The van der Waals surface area contributed by atoms with Crippen LogP contribution in [0, 0.1) is 0 Å². The Morgan fingerprint density at radius 3 is 2.75 bits per heavy atom. The normalized spacial score (nSPS) is 12.0. The van der Waals surface area contributed by atoms with E-state index in [1.165, 1.54) is 11.0 Å². The lowest BCUT2D eigenvalue weighted by Gasteiger charge is -2.17. The molecule has 0 spiro atoms. The van der Waals surface area contributed by atoms with Gasteiger partial charge in [-0.05, 0) is 34.2 Å². The molecule has 0 saturated carbocycles. The Balaban J connectivity index is 1.48. The highest BCUT2D eigenvalue weighted by atomic mass is 16.5. The molecule has 1 N–H and O–H groups in total. The summed E-state index contributed by atoms with van der Waals surface area (Å²) in [6, 6.07) is 16.8. The number of hydrogen-bond donors (Lipinski definition) is 1. The van der Waals surface area contributed by atoms with Gasteiger partial charge in [0.1, 0.15) is 12.1 Å². The van der Waals surface area contributed by atoms with Crippen LogP contribution in [-0.4, -0.2) is 44.3 Å². The summed E-state index contributed by atoms with van der Waals surface area (Å²) < 4.78 is 8.95. The maximum Gasteiger partial charge on any atom is 0.249 e. The second-order valence-electron chi connectivity index (χ2n) is 6.30. The topological polar surface area (TPSA) is 86.9 Å². The first-order valence-corrected chi connectivity index (χ1v) is 8.95. The smallest absolute Gasteiger partial charge is 0.249 e. The van der Waals surface area contributed by atoms with Crippen LogP contribution in [0.1, 0.15) is 11.6 Å². The molecule has 1 atom stereocenters. The van der Waals surface area contributed by atoms with Crippen molar-refractivity contribution in [2.24, 2.45) is 0 Å². The summed E-state index contributed by atoms with van der Waals surface area (Å²) in [6.07, 6.45) is 3.44. The van der Waals surface area contributed by atoms with E-state index in [0.29, 0.717) is 13.1 Å². The standard InChI is InChI=1S/C20H20N6O2/c1-28-18-9-5-8-17-16(18)10-12-25(17)13-11-21-20(27)19(26-14-22-23-24-26)15-6-3-2-4-7-15/h2-10,12,14,19H,11,13H2,1H3,(H,21,27)/t19-/m1/s1. The minimum atomic E-state index is -0.613. The molecular weight excluding hydrogens is 356 g/mol. The maximum atomic E-state index is 12.9. The number of carbonyl (C=O) groups is 1. The third-order valence-corrected chi connectivity index (χ3v) is 4.64. The lowest BCUT2D eigenvalue weighted by atomic mass is 10.1. The molecule has 8 nitrogen and oxygen atoms in total. The second kappa shape index (κ2) is 7.91. The molecule has 28 heavy (non-hydrogen) atoms. The fourth-order valence-electron chi connectivity index (χ4n) is 3.31. The summed E-state index contributed by atoms with van der Waals surface area (Å²) in [4.78, 5) is 12.9. The Bertz CT molecular complexity index is 1060. The molecule has 4 aromatic rings. The quantitative estimate of drug-likeness (QED) is 0.533. The Morgan fingerprint density at radius 2 is 2.00 bits per heavy atom. The Morgan fingerprint density at radius 1 is 1.14 bits per heavy atom. The van der Waals surface area contributed by atoms with Crippen LogP contribution in [0.2, 0.25) is 0 Å². The zero-order valence-corrected chi connectivity index (χ0v) is 15.4. The van der Waals surface area contributed by atoms with Gasteiger partial charge in [-0.25, -0.2) is 4.68 Å². The monoisotopic (exact) mass is 376 g/mol. The molecule has 0 unspecified atom stereocenters. The zero-order chi connectivity index (χ0) is 19.3. The second-order valence-corrected chi connectivity index (χ2v) is 6.30. The van der Waals surface area contributed by atoms with Crippen molar-refractivity contribution in [3.63, 3.8) is 0 Å². The van der Waals surface area contributed by atoms with Crippen LogP contribution in [0.3, 0.4) is 0 Å². The van der Waals surface area contributed by atoms with Gasteiger partial charge in [-0.2, -0.15) is 0 Å². The predicted octanol–water partition coefficient (Wildman–Crippen LogP) is 2.04. The molecule has 0 saturated heterocycles. The Kier molecular flexibility index (Phi) is 5.01. The van der Waals surface area contributed by atoms with Crippen molar-refractivity contribution < 1.29 is 9.53 Å². The van der Waals surface area contributed by atoms with E-state index in [1.807, 2.05) is 60.8 Å². The van der Waals surface area contributed by atoms with Gasteiger partial charge in [0, 0.05) is 24.7 Å². The van der Waals surface area contributed by atoms with Crippen molar-refractivity contribution >= 4 is 16.8 Å². The van der Waals surface area contributed by atoms with Gasteiger partial charge in [-0.1, -0.05) is 36.4 Å². The van der Waals surface area contributed by atoms with E-state index in [2.05, 4.69) is 25.4 Å². The number of aromatic nitrogens is 5. The largest absolute Gasteiger partial charge is 0.496 e. The fraction of sp³-hybridized carbons (Fsp3) is 0.200. The molecule has 0 aliphatic rings. The van der Waals surface area contributed by atoms with Gasteiger partial charge >= 0.3 is 0 Å². The van der Waals surface area contributed by atoms with E-state index in [4.69, 9.17) is 4.74 Å². The van der Waals surface area contributed by atoms with Crippen LogP contribution in [0.25, 0.3) is 10.9 Å². The first-order valence-electron chi connectivity index (χ1n) is 8.95. The van der Waals surface area contributed by atoms with Crippen molar-refractivity contribution in [2.45, 2.75) is 12.6 Å². The number of nitrogens with one attached hydrogen (secondary N) is 1. The van der Waals surface area contributed by atoms with Crippen molar-refractivity contribution in [1.29, 1.82) is 0 Å². The number of rotatable bonds is 7. The van der Waals surface area contributed by atoms with Gasteiger partial charge in [-0.3, -0.25) is 4.79 Å². The summed E-state index contributed by atoms with van der Waals surface area (Å²) >= 11 is 0. The van der Waals surface area contributed by atoms with Crippen LogP contribution in [-0.2, 0) is 11.3 Å². The van der Waals surface area contributed by atoms with Crippen LogP contribution < -0.4 is 10.1 Å². The van der Waals surface area contributed by atoms with E-state index in [1.54, 1.807) is 7.11 Å². The van der Waals surface area contributed by atoms with Crippen LogP contribution in [0.5, 0.6) is 5.75 Å². The molecule has 0 aliphatic heterocycles. The van der Waals surface area contributed by atoms with Crippen molar-refractivity contribution in [2.75, 3.05) is 13.7 Å². The van der Waals surface area contributed by atoms with Gasteiger partial charge < -0.3 is 14.6 Å². The molecule has 0 radical (unpaired) electrons. The highest BCUT2D eigenvalue weighted by Gasteiger charge is 2.23. The average Bonchev–Trinajstić information content (AvgIpc) is 3.39. The van der Waals surface area contributed by atoms with Crippen molar-refractivity contribution in [3.05, 3.63) is 72.7 Å². The molecule has 0 aliphatic carbocycles. The summed E-state index contributed by atoms with van der Waals surface area (Å²) in [5.74, 6) is 0.677. The van der Waals surface area contributed by atoms with Gasteiger partial charge in [0.2, 0.25) is 5.91 Å². The predicted molar refractivity (Wildman–Crippen MR) is 104 cm³/mol. The molecule has 0 fully saturated rings. The summed E-state index contributed by atoms with van der Waals surface area (Å²) in [5, 5.41) is 15.3. The van der Waals surface area contributed by atoms with E-state index in [9.17, 15) is 4.79 Å². The molecular formula is C20H20N6O2. The van der Waals surface area contributed by atoms with E-state index in [0.717, 1.165) is 22.2 Å². The highest BCUT2D eigenvalue weighted by Crippen LogP contribution is 2.26. The third kappa shape index (κ3) is 3.44. The minimum absolute atomic E-state index is 0.160. The van der Waals surface area contributed by atoms with E-state index >= 15 is 0 Å². The summed E-state index contributed by atoms with van der Waals surface area (Å²) in [7, 11) is 1.66. The fourth-order valence-corrected chi connectivity index (χ4v) is 3.31. The number of tetrazole rings is 1. The van der Waals surface area contributed by atoms with Gasteiger partial charge in [0.05, 0.1) is 12.6 Å². The lowest BCUT2D eigenvalue weighted by Crippen LogP contribution is -2.35. The van der Waals surface area contributed by atoms with E-state index in [-0.39, 0.29) is 5.91 Å². The first kappa shape index (κ1) is 17.7. The number of hydrogen-bond acceptors (Lipinski definition) is 5. The molecule has 2 aromatic carbocycles. The SMILES string of the molecule is COc1cccc2c1ccn2CCNC(=O)[C@@H](c1ccccc1)n1cnnn1. The molecule has 0 bridgehead atoms. The number of ether oxygens (including phenoxy) is 1. The number of carbonyl (C=O) groups excluding carboxylic acids is 1. The lowest BCUT2D eigenvalue weighted by molar-refractivity contribution is -0.123. The van der Waals surface area contributed by atoms with Crippen molar-refractivity contribution in [1.82, 2.24) is 30.1 Å². The molecule has 4 rings (SSSR count). The molecule has 8 heteroatoms. The average molecular weight is 376 g/mol. The molecule has 2 heterocycles. The summed E-state index contributed by atoms with van der Waals surface area (Å²) in [6.45, 7) is 1.12. The van der Waals surface area contributed by atoms with Gasteiger partial charge in [0.25, 0.3) is 0 Å². The number of benzene rings is 2. The number of amides is 1.